The number of guanidine groups is 1. The maximum atomic E-state index is 13.3. The fourth-order valence-corrected chi connectivity index (χ4v) is 5.63. The molecule has 3 N–H and O–H groups in total. The van der Waals surface area contributed by atoms with Crippen LogP contribution in [0.3, 0.4) is 0 Å². The van der Waals surface area contributed by atoms with E-state index < -0.39 is 42.6 Å². The molecule has 0 radical (unpaired) electrons. The molecule has 4 aromatic carbocycles. The highest BCUT2D eigenvalue weighted by molar-refractivity contribution is 6.35. The van der Waals surface area contributed by atoms with Crippen molar-refractivity contribution in [3.8, 4) is 17.2 Å². The first-order valence-electron chi connectivity index (χ1n) is 16.2. The van der Waals surface area contributed by atoms with Gasteiger partial charge in [0.25, 0.3) is 5.91 Å². The fourth-order valence-electron chi connectivity index (χ4n) is 5.12. The van der Waals surface area contributed by atoms with E-state index in [1.54, 1.807) is 73.7 Å². The fraction of sp³-hybridized carbons (Fsp3) is 0.189. The van der Waals surface area contributed by atoms with Gasteiger partial charge in [0.15, 0.2) is 0 Å². The average Bonchev–Trinajstić information content (AvgIpc) is 3.56. The number of esters is 1. The van der Waals surface area contributed by atoms with Gasteiger partial charge in [-0.3, -0.25) is 14.4 Å². The number of aliphatic imine (C=N–C) groups is 1. The number of ether oxygens (including phenoxy) is 3. The predicted molar refractivity (Wildman–Crippen MR) is 194 cm³/mol. The Labute approximate surface area is 313 Å². The first-order chi connectivity index (χ1) is 25.5. The van der Waals surface area contributed by atoms with Gasteiger partial charge in [-0.2, -0.15) is 0 Å². The summed E-state index contributed by atoms with van der Waals surface area (Å²) >= 11 is 12.2. The second-order valence-electron chi connectivity index (χ2n) is 11.3. The lowest BCUT2D eigenvalue weighted by Gasteiger charge is -2.21. The van der Waals surface area contributed by atoms with E-state index in [0.29, 0.717) is 0 Å². The van der Waals surface area contributed by atoms with E-state index in [-0.39, 0.29) is 76.2 Å². The first-order valence-corrected chi connectivity index (χ1v) is 17.0. The van der Waals surface area contributed by atoms with Crippen LogP contribution in [0.2, 0.25) is 10.0 Å². The molecule has 1 heterocycles. The third-order valence-corrected chi connectivity index (χ3v) is 8.07. The van der Waals surface area contributed by atoms with Gasteiger partial charge in [0, 0.05) is 16.1 Å². The third kappa shape index (κ3) is 10.2. The molecule has 4 aromatic rings. The van der Waals surface area contributed by atoms with Crippen molar-refractivity contribution in [1.29, 1.82) is 0 Å². The van der Waals surface area contributed by atoms with Crippen molar-refractivity contribution in [1.82, 2.24) is 20.4 Å². The Morgan fingerprint density at radius 2 is 1.43 bits per heavy atom. The molecular formula is C37H33Cl2N5O9. The molecule has 274 valence electrons. The number of para-hydroxylation sites is 2. The molecule has 0 spiro atoms. The molecule has 1 aliphatic rings. The molecule has 0 aromatic heterocycles. The molecule has 1 saturated heterocycles. The minimum Gasteiger partial charge on any atom is -0.506 e. The van der Waals surface area contributed by atoms with Crippen LogP contribution in [0.1, 0.15) is 35.3 Å². The minimum atomic E-state index is -1.09. The quantitative estimate of drug-likeness (QED) is 0.149. The largest absolute Gasteiger partial charge is 0.506 e. The highest BCUT2D eigenvalue weighted by Crippen LogP contribution is 2.36. The lowest BCUT2D eigenvalue weighted by Crippen LogP contribution is -2.42. The van der Waals surface area contributed by atoms with Crippen LogP contribution in [0.25, 0.3) is 0 Å². The zero-order valence-corrected chi connectivity index (χ0v) is 29.7. The lowest BCUT2D eigenvalue weighted by atomic mass is 10.0. The van der Waals surface area contributed by atoms with Crippen molar-refractivity contribution >= 4 is 64.8 Å². The van der Waals surface area contributed by atoms with Gasteiger partial charge in [-0.1, -0.05) is 65.7 Å². The van der Waals surface area contributed by atoms with Crippen LogP contribution in [0.4, 0.5) is 15.3 Å². The summed E-state index contributed by atoms with van der Waals surface area (Å²) in [5, 5.41) is 15.7. The van der Waals surface area contributed by atoms with Crippen molar-refractivity contribution in [2.75, 3.05) is 26.2 Å². The number of nitrogens with zero attached hydrogens (tertiary/aromatic N) is 3. The number of phenolic OH excluding ortho intramolecular Hbond substituents is 1. The Morgan fingerprint density at radius 1 is 0.830 bits per heavy atom. The Hall–Kier alpha value is -6.12. The summed E-state index contributed by atoms with van der Waals surface area (Å²) < 4.78 is 16.0. The number of hydrogen-bond acceptors (Lipinski definition) is 10. The van der Waals surface area contributed by atoms with Crippen molar-refractivity contribution in [2.24, 2.45) is 4.99 Å². The maximum Gasteiger partial charge on any atom is 0.422 e. The molecule has 1 fully saturated rings. The lowest BCUT2D eigenvalue weighted by molar-refractivity contribution is -0.143. The molecule has 53 heavy (non-hydrogen) atoms. The number of aromatic hydroxyl groups is 1. The molecule has 5 rings (SSSR count). The summed E-state index contributed by atoms with van der Waals surface area (Å²) in [5.41, 5.74) is 0.367. The van der Waals surface area contributed by atoms with Crippen LogP contribution < -0.4 is 20.1 Å². The zero-order chi connectivity index (χ0) is 37.9. The van der Waals surface area contributed by atoms with Crippen LogP contribution in [0.5, 0.6) is 17.2 Å². The topological polar surface area (TPSA) is 176 Å². The van der Waals surface area contributed by atoms with Crippen LogP contribution >= 0.6 is 23.2 Å². The van der Waals surface area contributed by atoms with Crippen LogP contribution in [-0.2, 0) is 14.3 Å². The van der Waals surface area contributed by atoms with Crippen LogP contribution in [0.15, 0.2) is 102 Å². The zero-order valence-electron chi connectivity index (χ0n) is 28.2. The maximum absolute atomic E-state index is 13.3. The smallest absolute Gasteiger partial charge is 0.422 e. The summed E-state index contributed by atoms with van der Waals surface area (Å²) in [7, 11) is 0. The van der Waals surface area contributed by atoms with E-state index in [0.717, 1.165) is 0 Å². The number of carbonyl (C=O) groups excluding carboxylic acids is 5. The Balaban J connectivity index is 1.32. The van der Waals surface area contributed by atoms with Crippen molar-refractivity contribution in [3.05, 3.63) is 118 Å². The summed E-state index contributed by atoms with van der Waals surface area (Å²) in [6.45, 7) is 1.27. The summed E-state index contributed by atoms with van der Waals surface area (Å²) in [4.78, 5) is 71.9. The number of carbonyl (C=O) groups is 5. The van der Waals surface area contributed by atoms with E-state index in [2.05, 4.69) is 15.6 Å². The Morgan fingerprint density at radius 3 is 2.02 bits per heavy atom. The Bertz CT molecular complexity index is 1950. The SMILES string of the molecule is CCOC(=O)CC(NC(=O)CNC(=O)c1cccc(N=C2N(C(=O)Oc3ccccc3)CCN2C(=O)Oc2ccccc2)c1)c1cc(Cl)cc(Cl)c1O. The number of nitrogens with one attached hydrogen (secondary N) is 2. The average molecular weight is 763 g/mol. The molecule has 0 saturated carbocycles. The van der Waals surface area contributed by atoms with E-state index in [1.165, 1.54) is 40.1 Å². The third-order valence-electron chi connectivity index (χ3n) is 7.56. The number of hydrogen-bond donors (Lipinski definition) is 3. The highest BCUT2D eigenvalue weighted by Gasteiger charge is 2.38. The number of halogens is 2. The van der Waals surface area contributed by atoms with Gasteiger partial charge in [-0.25, -0.2) is 24.4 Å². The predicted octanol–water partition coefficient (Wildman–Crippen LogP) is 6.24. The summed E-state index contributed by atoms with van der Waals surface area (Å²) in [6, 6.07) is 24.3. The molecule has 0 aliphatic carbocycles. The van der Waals surface area contributed by atoms with Gasteiger partial charge < -0.3 is 30.0 Å². The minimum absolute atomic E-state index is 0.0417. The molecule has 1 atom stereocenters. The summed E-state index contributed by atoms with van der Waals surface area (Å²) in [6.07, 6.45) is -1.94. The van der Waals surface area contributed by atoms with Crippen molar-refractivity contribution < 1.29 is 43.3 Å². The molecule has 0 bridgehead atoms. The highest BCUT2D eigenvalue weighted by atomic mass is 35.5. The number of amides is 4. The molecule has 1 unspecified atom stereocenters. The molecule has 14 nitrogen and oxygen atoms in total. The van der Waals surface area contributed by atoms with Gasteiger partial charge in [-0.15, -0.1) is 0 Å². The van der Waals surface area contributed by atoms with Crippen LogP contribution in [-0.4, -0.2) is 77.1 Å². The second kappa shape index (κ2) is 17.9. The first kappa shape index (κ1) is 38.1. The van der Waals surface area contributed by atoms with Crippen molar-refractivity contribution in [2.45, 2.75) is 19.4 Å². The van der Waals surface area contributed by atoms with Gasteiger partial charge in [0.1, 0.15) is 17.2 Å². The van der Waals surface area contributed by atoms with Gasteiger partial charge in [-0.05, 0) is 61.5 Å². The van der Waals surface area contributed by atoms with Crippen molar-refractivity contribution in [3.63, 3.8) is 0 Å². The molecule has 1 aliphatic heterocycles. The van der Waals surface area contributed by atoms with E-state index in [9.17, 15) is 29.1 Å². The van der Waals surface area contributed by atoms with Gasteiger partial charge >= 0.3 is 18.2 Å². The second-order valence-corrected chi connectivity index (χ2v) is 12.1. The van der Waals surface area contributed by atoms with E-state index in [1.807, 2.05) is 0 Å². The molecule has 4 amide bonds. The normalized spacial score (nSPS) is 12.8. The van der Waals surface area contributed by atoms with Crippen LogP contribution in [0, 0.1) is 0 Å². The Kier molecular flexibility index (Phi) is 12.9. The van der Waals surface area contributed by atoms with Gasteiger partial charge in [0.05, 0.1) is 49.4 Å². The van der Waals surface area contributed by atoms with Gasteiger partial charge in [0.2, 0.25) is 11.9 Å². The standard InChI is InChI=1S/C37H33Cl2N5O9/c1-2-51-32(46)21-30(28-19-24(38)20-29(39)33(28)47)42-31(45)22-40-34(48)23-10-9-11-25(18-23)41-35-43(36(49)52-26-12-5-3-6-13-26)16-17-44(35)37(50)53-27-14-7-4-8-15-27/h3-15,18-20,30,47H,2,16-17,21-22H2,1H3,(H,40,48)(H,42,45). The number of rotatable bonds is 11. The summed E-state index contributed by atoms with van der Waals surface area (Å²) in [5.74, 6) is -1.93. The number of benzene rings is 4. The van der Waals surface area contributed by atoms with E-state index in [4.69, 9.17) is 37.4 Å². The molecule has 16 heteroatoms. The molecular weight excluding hydrogens is 729 g/mol. The monoisotopic (exact) mass is 761 g/mol. The van der Waals surface area contributed by atoms with E-state index >= 15 is 0 Å². The number of phenols is 1.